The molecule has 0 heterocycles. The number of hydrogen-bond donors (Lipinski definition) is 2. The lowest BCUT2D eigenvalue weighted by Crippen LogP contribution is -2.56. The molecule has 2 unspecified atom stereocenters. The van der Waals surface area contributed by atoms with Gasteiger partial charge in [-0.05, 0) is 38.6 Å². The minimum absolute atomic E-state index is 0.147. The van der Waals surface area contributed by atoms with Crippen molar-refractivity contribution >= 4 is 5.97 Å². The van der Waals surface area contributed by atoms with Crippen molar-refractivity contribution in [2.45, 2.75) is 63.6 Å². The largest absolute Gasteiger partial charge is 0.480 e. The molecule has 5 nitrogen and oxygen atoms in total. The number of nitriles is 1. The molecule has 0 saturated heterocycles. The van der Waals surface area contributed by atoms with Crippen LogP contribution in [0.4, 0.5) is 0 Å². The highest BCUT2D eigenvalue weighted by molar-refractivity contribution is 5.69. The summed E-state index contributed by atoms with van der Waals surface area (Å²) in [7, 11) is 0. The second-order valence-corrected chi connectivity index (χ2v) is 6.14. The van der Waals surface area contributed by atoms with Gasteiger partial charge in [-0.25, -0.2) is 0 Å². The maximum absolute atomic E-state index is 10.8. The molecule has 2 rings (SSSR count). The topological polar surface area (TPSA) is 76.4 Å². The molecule has 5 heteroatoms. The van der Waals surface area contributed by atoms with E-state index in [0.717, 1.165) is 38.6 Å². The molecule has 0 aliphatic heterocycles. The number of nitrogens with zero attached hydrogens (tertiary/aromatic N) is 2. The average Bonchev–Trinajstić information content (AvgIpc) is 2.40. The zero-order valence-corrected chi connectivity index (χ0v) is 12.2. The van der Waals surface area contributed by atoms with Crippen LogP contribution in [-0.2, 0) is 4.79 Å². The molecule has 0 spiro atoms. The Hall–Kier alpha value is -1.12. The normalized spacial score (nSPS) is 33.5. The van der Waals surface area contributed by atoms with Crippen LogP contribution in [0, 0.1) is 17.2 Å². The molecule has 2 fully saturated rings. The van der Waals surface area contributed by atoms with E-state index in [9.17, 15) is 4.79 Å². The second-order valence-electron chi connectivity index (χ2n) is 6.14. The van der Waals surface area contributed by atoms with Crippen LogP contribution in [0.2, 0.25) is 0 Å². The Kier molecular flexibility index (Phi) is 5.38. The minimum Gasteiger partial charge on any atom is -0.480 e. The number of carbonyl (C=O) groups is 1. The Morgan fingerprint density at radius 1 is 1.35 bits per heavy atom. The molecule has 2 saturated carbocycles. The smallest absolute Gasteiger partial charge is 0.317 e. The van der Waals surface area contributed by atoms with Gasteiger partial charge in [-0.2, -0.15) is 5.26 Å². The standard InChI is InChI=1S/C15H25N3O2/c1-2-18(10-15(19)20)14-7-13(8-14)17-12-5-3-4-11(6-12)9-16/h11-14,17H,2-8,10H2,1H3,(H,19,20). The van der Waals surface area contributed by atoms with E-state index in [4.69, 9.17) is 10.4 Å². The van der Waals surface area contributed by atoms with Gasteiger partial charge in [0.1, 0.15) is 0 Å². The second kappa shape index (κ2) is 7.05. The summed E-state index contributed by atoms with van der Waals surface area (Å²) in [5.41, 5.74) is 0. The average molecular weight is 279 g/mol. The molecule has 2 aliphatic rings. The van der Waals surface area contributed by atoms with Crippen LogP contribution in [0.3, 0.4) is 0 Å². The molecule has 0 amide bonds. The van der Waals surface area contributed by atoms with Gasteiger partial charge in [-0.3, -0.25) is 9.69 Å². The summed E-state index contributed by atoms with van der Waals surface area (Å²) in [6.45, 7) is 2.96. The Bertz CT molecular complexity index is 374. The van der Waals surface area contributed by atoms with E-state index in [-0.39, 0.29) is 12.5 Å². The molecule has 20 heavy (non-hydrogen) atoms. The number of carboxylic acids is 1. The van der Waals surface area contributed by atoms with Gasteiger partial charge in [-0.15, -0.1) is 0 Å². The third kappa shape index (κ3) is 3.94. The summed E-state index contributed by atoms with van der Waals surface area (Å²) in [6, 6.07) is 3.78. The minimum atomic E-state index is -0.743. The molecule has 0 bridgehead atoms. The van der Waals surface area contributed by atoms with Crippen LogP contribution in [-0.4, -0.2) is 47.2 Å². The summed E-state index contributed by atoms with van der Waals surface area (Å²) < 4.78 is 0. The summed E-state index contributed by atoms with van der Waals surface area (Å²) in [5, 5.41) is 21.5. The van der Waals surface area contributed by atoms with Crippen LogP contribution in [0.1, 0.15) is 45.4 Å². The lowest BCUT2D eigenvalue weighted by atomic mass is 9.81. The first-order valence-electron chi connectivity index (χ1n) is 7.73. The van der Waals surface area contributed by atoms with E-state index in [1.807, 2.05) is 11.8 Å². The van der Waals surface area contributed by atoms with Crippen molar-refractivity contribution in [3.05, 3.63) is 0 Å². The van der Waals surface area contributed by atoms with Gasteiger partial charge in [0, 0.05) is 24.0 Å². The van der Waals surface area contributed by atoms with Crippen LogP contribution in [0.15, 0.2) is 0 Å². The fourth-order valence-electron chi connectivity index (χ4n) is 3.49. The first-order valence-corrected chi connectivity index (χ1v) is 7.73. The quantitative estimate of drug-likeness (QED) is 0.772. The van der Waals surface area contributed by atoms with Gasteiger partial charge >= 0.3 is 5.97 Å². The van der Waals surface area contributed by atoms with Crippen molar-refractivity contribution in [3.8, 4) is 6.07 Å². The van der Waals surface area contributed by atoms with Crippen molar-refractivity contribution in [3.63, 3.8) is 0 Å². The van der Waals surface area contributed by atoms with Crippen molar-refractivity contribution in [2.75, 3.05) is 13.1 Å². The van der Waals surface area contributed by atoms with E-state index in [1.165, 1.54) is 6.42 Å². The number of hydrogen-bond acceptors (Lipinski definition) is 4. The van der Waals surface area contributed by atoms with Gasteiger partial charge in [0.05, 0.1) is 12.6 Å². The molecule has 0 radical (unpaired) electrons. The van der Waals surface area contributed by atoms with E-state index < -0.39 is 5.97 Å². The van der Waals surface area contributed by atoms with E-state index in [1.54, 1.807) is 0 Å². The molecule has 2 aliphatic carbocycles. The number of likely N-dealkylation sites (N-methyl/N-ethyl adjacent to an activating group) is 1. The summed E-state index contributed by atoms with van der Waals surface area (Å²) in [6.07, 6.45) is 6.41. The fraction of sp³-hybridized carbons (Fsp3) is 0.867. The van der Waals surface area contributed by atoms with Crippen LogP contribution < -0.4 is 5.32 Å². The Balaban J connectivity index is 1.71. The van der Waals surface area contributed by atoms with Crippen molar-refractivity contribution in [2.24, 2.45) is 5.92 Å². The Morgan fingerprint density at radius 3 is 2.70 bits per heavy atom. The van der Waals surface area contributed by atoms with Crippen LogP contribution in [0.25, 0.3) is 0 Å². The van der Waals surface area contributed by atoms with Gasteiger partial charge < -0.3 is 10.4 Å². The van der Waals surface area contributed by atoms with E-state index >= 15 is 0 Å². The van der Waals surface area contributed by atoms with Gasteiger partial charge in [-0.1, -0.05) is 13.3 Å². The number of rotatable bonds is 6. The molecular weight excluding hydrogens is 254 g/mol. The SMILES string of the molecule is CCN(CC(=O)O)C1CC(NC2CCCC(C#N)C2)C1. The molecule has 112 valence electrons. The third-order valence-corrected chi connectivity index (χ3v) is 4.70. The third-order valence-electron chi connectivity index (χ3n) is 4.70. The Labute approximate surface area is 120 Å². The highest BCUT2D eigenvalue weighted by atomic mass is 16.4. The first-order chi connectivity index (χ1) is 9.62. The highest BCUT2D eigenvalue weighted by Gasteiger charge is 2.35. The molecule has 0 aromatic carbocycles. The lowest BCUT2D eigenvalue weighted by molar-refractivity contribution is -0.139. The lowest BCUT2D eigenvalue weighted by Gasteiger charge is -2.44. The van der Waals surface area contributed by atoms with Crippen LogP contribution >= 0.6 is 0 Å². The maximum atomic E-state index is 10.8. The maximum Gasteiger partial charge on any atom is 0.317 e. The fourth-order valence-corrected chi connectivity index (χ4v) is 3.49. The number of nitrogens with one attached hydrogen (secondary N) is 1. The van der Waals surface area contributed by atoms with Crippen molar-refractivity contribution in [1.82, 2.24) is 10.2 Å². The zero-order valence-electron chi connectivity index (χ0n) is 12.2. The van der Waals surface area contributed by atoms with E-state index in [0.29, 0.717) is 18.1 Å². The van der Waals surface area contributed by atoms with Gasteiger partial charge in [0.25, 0.3) is 0 Å². The number of carboxylic acid groups (broad SMARTS) is 1. The molecule has 0 aromatic heterocycles. The Morgan fingerprint density at radius 2 is 2.10 bits per heavy atom. The van der Waals surface area contributed by atoms with Crippen LogP contribution in [0.5, 0.6) is 0 Å². The summed E-state index contributed by atoms with van der Waals surface area (Å²) in [4.78, 5) is 12.8. The summed E-state index contributed by atoms with van der Waals surface area (Å²) >= 11 is 0. The summed E-state index contributed by atoms with van der Waals surface area (Å²) in [5.74, 6) is -0.524. The molecule has 2 N–H and O–H groups in total. The first kappa shape index (κ1) is 15.3. The highest BCUT2D eigenvalue weighted by Crippen LogP contribution is 2.29. The molecular formula is C15H25N3O2. The van der Waals surface area contributed by atoms with Crippen molar-refractivity contribution in [1.29, 1.82) is 5.26 Å². The molecule has 0 aromatic rings. The van der Waals surface area contributed by atoms with Gasteiger partial charge in [0.15, 0.2) is 0 Å². The predicted octanol–water partition coefficient (Wildman–Crippen LogP) is 1.60. The monoisotopic (exact) mass is 279 g/mol. The zero-order chi connectivity index (χ0) is 14.5. The number of aliphatic carboxylic acids is 1. The van der Waals surface area contributed by atoms with Gasteiger partial charge in [0.2, 0.25) is 0 Å². The van der Waals surface area contributed by atoms with E-state index in [2.05, 4.69) is 11.4 Å². The molecule has 2 atom stereocenters. The van der Waals surface area contributed by atoms with Crippen molar-refractivity contribution < 1.29 is 9.90 Å². The predicted molar refractivity (Wildman–Crippen MR) is 76.2 cm³/mol.